The predicted octanol–water partition coefficient (Wildman–Crippen LogP) is 16.2. The monoisotopic (exact) mass is 729 g/mol. The van der Waals surface area contributed by atoms with Gasteiger partial charge in [0.1, 0.15) is 0 Å². The largest absolute Gasteiger partial charge is 0.252 e. The van der Waals surface area contributed by atoms with Gasteiger partial charge >= 0.3 is 0 Å². The van der Waals surface area contributed by atoms with Crippen molar-refractivity contribution in [3.63, 3.8) is 0 Å². The van der Waals surface area contributed by atoms with Crippen LogP contribution in [-0.4, -0.2) is 11.4 Å². The average molecular weight is 730 g/mol. The summed E-state index contributed by atoms with van der Waals surface area (Å²) in [6, 6.07) is 18.3. The van der Waals surface area contributed by atoms with Gasteiger partial charge in [-0.1, -0.05) is 187 Å². The summed E-state index contributed by atoms with van der Waals surface area (Å²) in [6.07, 6.45) is 37.9. The molecule has 0 aliphatic heterocycles. The maximum Gasteiger partial charge on any atom is 0.0633 e. The molecule has 0 aromatic heterocycles. The van der Waals surface area contributed by atoms with Crippen LogP contribution in [-0.2, 0) is 29.3 Å². The third kappa shape index (κ3) is 23.7. The SMILES string of the molecule is CCCCCCCCCCc1ccc(/N=C(CCCCC)/C(CCCCCCCC)=N/c2ccc(CCCCCCCCCC)cc2)cc1.[Ni]. The summed E-state index contributed by atoms with van der Waals surface area (Å²) in [7, 11) is 0. The Morgan fingerprint density at radius 2 is 0.600 bits per heavy atom. The van der Waals surface area contributed by atoms with Gasteiger partial charge in [0.25, 0.3) is 0 Å². The Balaban J connectivity index is 0.0000125. The molecule has 0 atom stereocenters. The van der Waals surface area contributed by atoms with Crippen molar-refractivity contribution in [2.75, 3.05) is 0 Å². The Labute approximate surface area is 321 Å². The summed E-state index contributed by atoms with van der Waals surface area (Å²) in [4.78, 5) is 10.7. The van der Waals surface area contributed by atoms with Gasteiger partial charge in [-0.3, -0.25) is 9.98 Å². The quantitative estimate of drug-likeness (QED) is 0.0407. The number of nitrogens with zero attached hydrogens (tertiary/aromatic N) is 2. The molecule has 286 valence electrons. The van der Waals surface area contributed by atoms with Crippen molar-refractivity contribution in [3.05, 3.63) is 59.7 Å². The molecule has 0 N–H and O–H groups in total. The van der Waals surface area contributed by atoms with Gasteiger partial charge in [0.15, 0.2) is 0 Å². The molecule has 0 aliphatic carbocycles. The molecular weight excluding hydrogens is 651 g/mol. The van der Waals surface area contributed by atoms with E-state index in [1.54, 1.807) is 0 Å². The molecule has 0 radical (unpaired) electrons. The number of unbranched alkanes of at least 4 members (excludes halogenated alkanes) is 21. The van der Waals surface area contributed by atoms with E-state index in [0.717, 1.165) is 24.2 Å². The minimum absolute atomic E-state index is 0. The Kier molecular flexibility index (Phi) is 30.7. The minimum Gasteiger partial charge on any atom is -0.252 e. The van der Waals surface area contributed by atoms with Crippen molar-refractivity contribution < 1.29 is 16.5 Å². The van der Waals surface area contributed by atoms with E-state index in [9.17, 15) is 0 Å². The minimum atomic E-state index is 0. The van der Waals surface area contributed by atoms with Crippen LogP contribution in [0.25, 0.3) is 0 Å². The van der Waals surface area contributed by atoms with Crippen LogP contribution < -0.4 is 0 Å². The van der Waals surface area contributed by atoms with Crippen molar-refractivity contribution in [2.24, 2.45) is 9.98 Å². The van der Waals surface area contributed by atoms with Crippen LogP contribution in [0.3, 0.4) is 0 Å². The number of aliphatic imine (C=N–C) groups is 2. The Morgan fingerprint density at radius 1 is 0.340 bits per heavy atom. The van der Waals surface area contributed by atoms with E-state index in [2.05, 4.69) is 76.2 Å². The fraction of sp³-hybridized carbons (Fsp3) is 0.702. The maximum absolute atomic E-state index is 5.34. The van der Waals surface area contributed by atoms with Crippen LogP contribution in [0.1, 0.15) is 212 Å². The summed E-state index contributed by atoms with van der Waals surface area (Å²) in [6.45, 7) is 9.19. The van der Waals surface area contributed by atoms with Crippen LogP contribution >= 0.6 is 0 Å². The molecule has 0 fully saturated rings. The molecule has 0 saturated heterocycles. The third-order valence-electron chi connectivity index (χ3n) is 10.2. The topological polar surface area (TPSA) is 24.7 Å². The van der Waals surface area contributed by atoms with E-state index in [0.29, 0.717) is 0 Å². The van der Waals surface area contributed by atoms with Gasteiger partial charge < -0.3 is 0 Å². The molecule has 50 heavy (non-hydrogen) atoms. The van der Waals surface area contributed by atoms with Gasteiger partial charge in [0.05, 0.1) is 22.8 Å². The summed E-state index contributed by atoms with van der Waals surface area (Å²) in [5.74, 6) is 0. The summed E-state index contributed by atoms with van der Waals surface area (Å²) >= 11 is 0. The van der Waals surface area contributed by atoms with Gasteiger partial charge in [-0.15, -0.1) is 0 Å². The van der Waals surface area contributed by atoms with Crippen LogP contribution in [0.15, 0.2) is 58.5 Å². The van der Waals surface area contributed by atoms with Gasteiger partial charge in [0.2, 0.25) is 0 Å². The van der Waals surface area contributed by atoms with Crippen molar-refractivity contribution in [3.8, 4) is 0 Å². The van der Waals surface area contributed by atoms with Gasteiger partial charge in [-0.2, -0.15) is 0 Å². The van der Waals surface area contributed by atoms with E-state index < -0.39 is 0 Å². The Bertz CT molecular complexity index is 1090. The molecule has 0 saturated carbocycles. The van der Waals surface area contributed by atoms with E-state index >= 15 is 0 Å². The van der Waals surface area contributed by atoms with Crippen molar-refractivity contribution >= 4 is 22.8 Å². The van der Waals surface area contributed by atoms with Crippen LogP contribution in [0.4, 0.5) is 11.4 Å². The number of hydrogen-bond donors (Lipinski definition) is 0. The van der Waals surface area contributed by atoms with Crippen molar-refractivity contribution in [2.45, 2.75) is 214 Å². The van der Waals surface area contributed by atoms with E-state index in [1.165, 1.54) is 196 Å². The Morgan fingerprint density at radius 3 is 0.940 bits per heavy atom. The number of benzene rings is 2. The van der Waals surface area contributed by atoms with Crippen LogP contribution in [0, 0.1) is 0 Å². The summed E-state index contributed by atoms with van der Waals surface area (Å²) < 4.78 is 0. The molecule has 2 rings (SSSR count). The smallest absolute Gasteiger partial charge is 0.0633 e. The first-order chi connectivity index (χ1) is 24.2. The second kappa shape index (κ2) is 33.1. The molecular formula is C47H78N2Ni. The number of aryl methyl sites for hydroxylation is 2. The van der Waals surface area contributed by atoms with Gasteiger partial charge in [0, 0.05) is 16.5 Å². The molecule has 3 heteroatoms. The number of hydrogen-bond acceptors (Lipinski definition) is 2. The standard InChI is InChI=1S/C47H78N2.Ni/c1-5-9-13-16-19-21-23-27-30-42-34-38-44(39-35-42)48-46(32-26-12-8-4)47(33-29-25-18-15-11-7-3)49-45-40-36-43(37-41-45)31-28-24-22-20-17-14-10-6-2;/h34-41H,5-33H2,1-4H3;/b48-46+,49-47+;. The van der Waals surface area contributed by atoms with Crippen molar-refractivity contribution in [1.82, 2.24) is 0 Å². The average Bonchev–Trinajstić information content (AvgIpc) is 3.12. The molecule has 2 aromatic rings. The molecule has 0 heterocycles. The normalized spacial score (nSPS) is 12.0. The Hall–Kier alpha value is -1.73. The fourth-order valence-corrected chi connectivity index (χ4v) is 6.86. The zero-order chi connectivity index (χ0) is 35.0. The van der Waals surface area contributed by atoms with E-state index in [1.807, 2.05) is 0 Å². The fourth-order valence-electron chi connectivity index (χ4n) is 6.86. The molecule has 2 nitrogen and oxygen atoms in total. The first kappa shape index (κ1) is 46.3. The second-order valence-electron chi connectivity index (χ2n) is 14.9. The summed E-state index contributed by atoms with van der Waals surface area (Å²) in [5.41, 5.74) is 7.50. The first-order valence-corrected chi connectivity index (χ1v) is 21.5. The molecule has 0 unspecified atom stereocenters. The van der Waals surface area contributed by atoms with Crippen LogP contribution in [0.2, 0.25) is 0 Å². The maximum atomic E-state index is 5.34. The third-order valence-corrected chi connectivity index (χ3v) is 10.2. The zero-order valence-corrected chi connectivity index (χ0v) is 34.3. The van der Waals surface area contributed by atoms with Crippen molar-refractivity contribution in [1.29, 1.82) is 0 Å². The first-order valence-electron chi connectivity index (χ1n) is 21.5. The van der Waals surface area contributed by atoms with Gasteiger partial charge in [-0.05, 0) is 86.8 Å². The van der Waals surface area contributed by atoms with E-state index in [4.69, 9.17) is 9.98 Å². The predicted molar refractivity (Wildman–Crippen MR) is 222 cm³/mol. The molecule has 0 amide bonds. The molecule has 0 bridgehead atoms. The molecule has 0 spiro atoms. The van der Waals surface area contributed by atoms with Gasteiger partial charge in [-0.25, -0.2) is 0 Å². The van der Waals surface area contributed by atoms with Crippen LogP contribution in [0.5, 0.6) is 0 Å². The second-order valence-corrected chi connectivity index (χ2v) is 14.9. The zero-order valence-electron chi connectivity index (χ0n) is 33.3. The summed E-state index contributed by atoms with van der Waals surface area (Å²) in [5, 5.41) is 0. The molecule has 0 aliphatic rings. The molecule has 2 aromatic carbocycles. The van der Waals surface area contributed by atoms with E-state index in [-0.39, 0.29) is 16.5 Å². The number of rotatable bonds is 32.